The monoisotopic (exact) mass is 269 g/mol. The molecule has 76 valence electrons. The molecule has 1 aromatic carbocycles. The van der Waals surface area contributed by atoms with E-state index in [4.69, 9.17) is 0 Å². The predicted molar refractivity (Wildman–Crippen MR) is 57.3 cm³/mol. The van der Waals surface area contributed by atoms with E-state index in [0.29, 0.717) is 11.1 Å². The van der Waals surface area contributed by atoms with Crippen LogP contribution >= 0.6 is 15.9 Å². The lowest BCUT2D eigenvalue weighted by atomic mass is 10.1. The quantitative estimate of drug-likeness (QED) is 0.718. The molecule has 15 heavy (non-hydrogen) atoms. The van der Waals surface area contributed by atoms with E-state index in [1.807, 2.05) is 0 Å². The Hall–Kier alpha value is -1.29. The Kier molecular flexibility index (Phi) is 2.77. The summed E-state index contributed by atoms with van der Waals surface area (Å²) in [6.07, 6.45) is 0. The van der Waals surface area contributed by atoms with Crippen molar-refractivity contribution >= 4 is 15.9 Å². The zero-order chi connectivity index (χ0) is 10.8. The highest BCUT2D eigenvalue weighted by Crippen LogP contribution is 2.23. The summed E-state index contributed by atoms with van der Waals surface area (Å²) in [7, 11) is 0. The third-order valence-electron chi connectivity index (χ3n) is 1.97. The number of nitrogens with zero attached hydrogens (tertiary/aromatic N) is 1. The molecule has 0 radical (unpaired) electrons. The molecule has 0 saturated heterocycles. The molecule has 4 heteroatoms. The standard InChI is InChI=1S/C11H6BrF2N/c12-8-3-1-7(2-4-8)9-5-6-10(13)15-11(9)14/h1-6H. The lowest BCUT2D eigenvalue weighted by molar-refractivity contribution is 0.515. The average Bonchev–Trinajstić information content (AvgIpc) is 2.20. The Balaban J connectivity index is 2.49. The third-order valence-corrected chi connectivity index (χ3v) is 2.50. The fourth-order valence-electron chi connectivity index (χ4n) is 1.26. The van der Waals surface area contributed by atoms with Gasteiger partial charge in [0.15, 0.2) is 0 Å². The molecule has 0 atom stereocenters. The molecule has 0 N–H and O–H groups in total. The maximum atomic E-state index is 13.3. The van der Waals surface area contributed by atoms with E-state index in [-0.39, 0.29) is 0 Å². The lowest BCUT2D eigenvalue weighted by Crippen LogP contribution is -1.91. The summed E-state index contributed by atoms with van der Waals surface area (Å²) >= 11 is 3.28. The van der Waals surface area contributed by atoms with Crippen LogP contribution in [-0.2, 0) is 0 Å². The number of hydrogen-bond acceptors (Lipinski definition) is 1. The molecule has 2 rings (SSSR count). The molecular weight excluding hydrogens is 264 g/mol. The molecule has 1 aromatic heterocycles. The number of benzene rings is 1. The second-order valence-corrected chi connectivity index (χ2v) is 3.89. The molecule has 0 amide bonds. The SMILES string of the molecule is Fc1ccc(-c2ccc(Br)cc2)c(F)n1. The van der Waals surface area contributed by atoms with Crippen LogP contribution in [0.1, 0.15) is 0 Å². The Morgan fingerprint density at radius 3 is 2.20 bits per heavy atom. The van der Waals surface area contributed by atoms with Gasteiger partial charge in [0.2, 0.25) is 11.9 Å². The van der Waals surface area contributed by atoms with Crippen LogP contribution < -0.4 is 0 Å². The minimum absolute atomic E-state index is 0.295. The first-order valence-corrected chi connectivity index (χ1v) is 5.04. The van der Waals surface area contributed by atoms with Gasteiger partial charge in [0.1, 0.15) is 0 Å². The van der Waals surface area contributed by atoms with Crippen molar-refractivity contribution in [2.24, 2.45) is 0 Å². The van der Waals surface area contributed by atoms with Crippen LogP contribution in [0.25, 0.3) is 11.1 Å². The number of aromatic nitrogens is 1. The van der Waals surface area contributed by atoms with Crippen LogP contribution in [0.3, 0.4) is 0 Å². The average molecular weight is 270 g/mol. The van der Waals surface area contributed by atoms with Gasteiger partial charge in [0, 0.05) is 10.0 Å². The Labute approximate surface area is 93.9 Å². The summed E-state index contributed by atoms with van der Waals surface area (Å²) in [4.78, 5) is 3.13. The first-order chi connectivity index (χ1) is 7.16. The normalized spacial score (nSPS) is 10.3. The van der Waals surface area contributed by atoms with Crippen molar-refractivity contribution in [3.8, 4) is 11.1 Å². The smallest absolute Gasteiger partial charge is 0.190 e. The molecule has 0 aliphatic rings. The fourth-order valence-corrected chi connectivity index (χ4v) is 1.52. The van der Waals surface area contributed by atoms with Gasteiger partial charge in [0.25, 0.3) is 0 Å². The zero-order valence-corrected chi connectivity index (χ0v) is 9.13. The molecule has 0 fully saturated rings. The van der Waals surface area contributed by atoms with Crippen LogP contribution in [-0.4, -0.2) is 4.98 Å². The maximum absolute atomic E-state index is 13.3. The highest BCUT2D eigenvalue weighted by Gasteiger charge is 2.07. The zero-order valence-electron chi connectivity index (χ0n) is 7.55. The van der Waals surface area contributed by atoms with Crippen molar-refractivity contribution in [1.82, 2.24) is 4.98 Å². The van der Waals surface area contributed by atoms with Gasteiger partial charge in [-0.15, -0.1) is 0 Å². The number of halogens is 3. The van der Waals surface area contributed by atoms with Crippen LogP contribution in [0.4, 0.5) is 8.78 Å². The molecular formula is C11H6BrF2N. The van der Waals surface area contributed by atoms with Crippen molar-refractivity contribution in [3.05, 3.63) is 52.8 Å². The van der Waals surface area contributed by atoms with Gasteiger partial charge in [-0.25, -0.2) is 0 Å². The van der Waals surface area contributed by atoms with Gasteiger partial charge in [0.05, 0.1) is 0 Å². The van der Waals surface area contributed by atoms with E-state index >= 15 is 0 Å². The van der Waals surface area contributed by atoms with Gasteiger partial charge in [-0.05, 0) is 29.8 Å². The van der Waals surface area contributed by atoms with E-state index in [9.17, 15) is 8.78 Å². The molecule has 1 nitrogen and oxygen atoms in total. The van der Waals surface area contributed by atoms with Gasteiger partial charge in [-0.2, -0.15) is 13.8 Å². The summed E-state index contributed by atoms with van der Waals surface area (Å²) in [5.41, 5.74) is 0.965. The van der Waals surface area contributed by atoms with Crippen LogP contribution in [0.15, 0.2) is 40.9 Å². The second-order valence-electron chi connectivity index (χ2n) is 2.98. The maximum Gasteiger partial charge on any atom is 0.223 e. The minimum atomic E-state index is -0.812. The molecule has 0 saturated carbocycles. The molecule has 0 aliphatic carbocycles. The van der Waals surface area contributed by atoms with Crippen molar-refractivity contribution < 1.29 is 8.78 Å². The summed E-state index contributed by atoms with van der Waals surface area (Å²) in [6, 6.07) is 9.57. The lowest BCUT2D eigenvalue weighted by Gasteiger charge is -2.02. The summed E-state index contributed by atoms with van der Waals surface area (Å²) in [5, 5.41) is 0. The van der Waals surface area contributed by atoms with Gasteiger partial charge in [-0.3, -0.25) is 0 Å². The van der Waals surface area contributed by atoms with Crippen LogP contribution in [0.5, 0.6) is 0 Å². The van der Waals surface area contributed by atoms with E-state index in [1.54, 1.807) is 24.3 Å². The van der Waals surface area contributed by atoms with Crippen LogP contribution in [0.2, 0.25) is 0 Å². The molecule has 0 spiro atoms. The van der Waals surface area contributed by atoms with Gasteiger partial charge < -0.3 is 0 Å². The number of pyridine rings is 1. The largest absolute Gasteiger partial charge is 0.223 e. The molecule has 0 unspecified atom stereocenters. The molecule has 2 aromatic rings. The highest BCUT2D eigenvalue weighted by atomic mass is 79.9. The number of rotatable bonds is 1. The second kappa shape index (κ2) is 4.06. The van der Waals surface area contributed by atoms with Crippen molar-refractivity contribution in [3.63, 3.8) is 0 Å². The highest BCUT2D eigenvalue weighted by molar-refractivity contribution is 9.10. The van der Waals surface area contributed by atoms with E-state index in [1.165, 1.54) is 6.07 Å². The van der Waals surface area contributed by atoms with E-state index in [2.05, 4.69) is 20.9 Å². The first kappa shape index (κ1) is 10.2. The Bertz CT molecular complexity index is 482. The van der Waals surface area contributed by atoms with Crippen LogP contribution in [0, 0.1) is 11.9 Å². The van der Waals surface area contributed by atoms with E-state index in [0.717, 1.165) is 10.5 Å². The summed E-state index contributed by atoms with van der Waals surface area (Å²) < 4.78 is 26.7. The predicted octanol–water partition coefficient (Wildman–Crippen LogP) is 3.79. The van der Waals surface area contributed by atoms with Crippen molar-refractivity contribution in [2.75, 3.05) is 0 Å². The van der Waals surface area contributed by atoms with Gasteiger partial charge in [-0.1, -0.05) is 28.1 Å². The molecule has 0 aliphatic heterocycles. The number of hydrogen-bond donors (Lipinski definition) is 0. The molecule has 1 heterocycles. The van der Waals surface area contributed by atoms with E-state index < -0.39 is 11.9 Å². The summed E-state index contributed by atoms with van der Waals surface area (Å²) in [5.74, 6) is -1.61. The third kappa shape index (κ3) is 2.21. The summed E-state index contributed by atoms with van der Waals surface area (Å²) in [6.45, 7) is 0. The minimum Gasteiger partial charge on any atom is -0.190 e. The van der Waals surface area contributed by atoms with Gasteiger partial charge >= 0.3 is 0 Å². The van der Waals surface area contributed by atoms with Crippen molar-refractivity contribution in [1.29, 1.82) is 0 Å². The topological polar surface area (TPSA) is 12.9 Å². The Morgan fingerprint density at radius 1 is 0.933 bits per heavy atom. The van der Waals surface area contributed by atoms with Crippen molar-refractivity contribution in [2.45, 2.75) is 0 Å². The Morgan fingerprint density at radius 2 is 1.60 bits per heavy atom. The first-order valence-electron chi connectivity index (χ1n) is 4.25. The molecule has 0 bridgehead atoms. The fraction of sp³-hybridized carbons (Fsp3) is 0.